The molecule has 1 amide bonds. The topological polar surface area (TPSA) is 104 Å². The molecule has 7 nitrogen and oxygen atoms in total. The zero-order valence-corrected chi connectivity index (χ0v) is 16.7. The summed E-state index contributed by atoms with van der Waals surface area (Å²) in [5.74, 6) is -1.60. The third kappa shape index (κ3) is 5.32. The first-order valence-corrected chi connectivity index (χ1v) is 11.6. The summed E-state index contributed by atoms with van der Waals surface area (Å²) in [6.07, 6.45) is 0.722. The number of amidine groups is 1. The lowest BCUT2D eigenvalue weighted by Gasteiger charge is -2.24. The maximum absolute atomic E-state index is 13.1. The number of nitrogens with zero attached hydrogens (tertiary/aromatic N) is 2. The Morgan fingerprint density at radius 3 is 2.61 bits per heavy atom. The molecule has 0 bridgehead atoms. The summed E-state index contributed by atoms with van der Waals surface area (Å²) in [5, 5.41) is 9.00. The molecule has 2 atom stereocenters. The number of carboxylic acids is 1. The van der Waals surface area contributed by atoms with Gasteiger partial charge in [0.2, 0.25) is 5.91 Å². The average Bonchev–Trinajstić information content (AvgIpc) is 3.05. The molecule has 2 fully saturated rings. The van der Waals surface area contributed by atoms with Crippen LogP contribution in [0.3, 0.4) is 0 Å². The fourth-order valence-electron chi connectivity index (χ4n) is 3.35. The van der Waals surface area contributed by atoms with Crippen LogP contribution >= 0.6 is 11.8 Å². The summed E-state index contributed by atoms with van der Waals surface area (Å²) in [7, 11) is -3.12. The SMILES string of the molecule is O=C(O)CCCC(=O)N=C1S[C@H]2CS(=O)(=O)C[C@@H]2N1CCc1ccc(F)cc1. The number of sulfone groups is 1. The van der Waals surface area contributed by atoms with Crippen molar-refractivity contribution in [3.8, 4) is 0 Å². The number of hydrogen-bond acceptors (Lipinski definition) is 5. The summed E-state index contributed by atoms with van der Waals surface area (Å²) >= 11 is 1.30. The van der Waals surface area contributed by atoms with Crippen molar-refractivity contribution >= 4 is 38.6 Å². The fourth-order valence-corrected chi connectivity index (χ4v) is 7.35. The molecule has 0 saturated carbocycles. The van der Waals surface area contributed by atoms with Gasteiger partial charge in [-0.2, -0.15) is 4.99 Å². The molecular weight excluding hydrogens is 407 g/mol. The molecule has 0 radical (unpaired) electrons. The first kappa shape index (κ1) is 20.8. The predicted octanol–water partition coefficient (Wildman–Crippen LogP) is 1.72. The second-order valence-electron chi connectivity index (χ2n) is 6.91. The minimum absolute atomic E-state index is 0.0281. The van der Waals surface area contributed by atoms with Crippen LogP contribution in [0.5, 0.6) is 0 Å². The van der Waals surface area contributed by atoms with Crippen molar-refractivity contribution in [2.45, 2.75) is 37.0 Å². The van der Waals surface area contributed by atoms with Crippen LogP contribution in [0, 0.1) is 5.82 Å². The van der Waals surface area contributed by atoms with E-state index in [1.807, 2.05) is 4.90 Å². The number of rotatable bonds is 7. The molecule has 1 N–H and O–H groups in total. The number of aliphatic carboxylic acids is 1. The van der Waals surface area contributed by atoms with Crippen molar-refractivity contribution in [3.63, 3.8) is 0 Å². The van der Waals surface area contributed by atoms with Crippen LogP contribution in [0.4, 0.5) is 4.39 Å². The van der Waals surface area contributed by atoms with Crippen molar-refractivity contribution < 1.29 is 27.5 Å². The van der Waals surface area contributed by atoms with Crippen LogP contribution in [0.1, 0.15) is 24.8 Å². The molecule has 152 valence electrons. The van der Waals surface area contributed by atoms with E-state index in [1.54, 1.807) is 12.1 Å². The number of benzene rings is 1. The lowest BCUT2D eigenvalue weighted by Crippen LogP contribution is -2.39. The summed E-state index contributed by atoms with van der Waals surface area (Å²) in [4.78, 5) is 28.7. The molecule has 0 aromatic heterocycles. The Bertz CT molecular complexity index is 886. The van der Waals surface area contributed by atoms with Crippen LogP contribution in [-0.4, -0.2) is 64.8 Å². The number of thioether (sulfide) groups is 1. The molecule has 0 aliphatic carbocycles. The Morgan fingerprint density at radius 2 is 1.93 bits per heavy atom. The number of carboxylic acid groups (broad SMARTS) is 1. The summed E-state index contributed by atoms with van der Waals surface area (Å²) < 4.78 is 37.1. The lowest BCUT2D eigenvalue weighted by molar-refractivity contribution is -0.137. The number of carbonyl (C=O) groups is 2. The van der Waals surface area contributed by atoms with E-state index >= 15 is 0 Å². The fraction of sp³-hybridized carbons (Fsp3) is 0.500. The van der Waals surface area contributed by atoms with Gasteiger partial charge in [-0.3, -0.25) is 9.59 Å². The molecular formula is C18H21FN2O5S2. The predicted molar refractivity (Wildman–Crippen MR) is 105 cm³/mol. The van der Waals surface area contributed by atoms with Crippen molar-refractivity contribution in [1.29, 1.82) is 0 Å². The monoisotopic (exact) mass is 428 g/mol. The molecule has 10 heteroatoms. The van der Waals surface area contributed by atoms with Crippen LogP contribution in [-0.2, 0) is 25.8 Å². The van der Waals surface area contributed by atoms with Crippen molar-refractivity contribution in [2.75, 3.05) is 18.1 Å². The molecule has 2 heterocycles. The molecule has 1 aromatic rings. The number of hydrogen-bond donors (Lipinski definition) is 1. The molecule has 3 rings (SSSR count). The van der Waals surface area contributed by atoms with Crippen molar-refractivity contribution in [3.05, 3.63) is 35.6 Å². The maximum Gasteiger partial charge on any atom is 0.303 e. The highest BCUT2D eigenvalue weighted by Crippen LogP contribution is 2.38. The third-order valence-corrected chi connectivity index (χ3v) is 7.98. The first-order valence-electron chi connectivity index (χ1n) is 8.95. The minimum Gasteiger partial charge on any atom is -0.481 e. The van der Waals surface area contributed by atoms with Gasteiger partial charge in [-0.15, -0.1) is 0 Å². The normalized spacial score (nSPS) is 24.5. The second-order valence-corrected chi connectivity index (χ2v) is 10.3. The zero-order chi connectivity index (χ0) is 20.3. The smallest absolute Gasteiger partial charge is 0.303 e. The van der Waals surface area contributed by atoms with E-state index in [9.17, 15) is 22.4 Å². The quantitative estimate of drug-likeness (QED) is 0.705. The Labute approximate surface area is 166 Å². The van der Waals surface area contributed by atoms with Crippen LogP contribution in [0.2, 0.25) is 0 Å². The molecule has 2 aliphatic rings. The van der Waals surface area contributed by atoms with E-state index in [4.69, 9.17) is 5.11 Å². The number of carbonyl (C=O) groups excluding carboxylic acids is 1. The standard InChI is InChI=1S/C18H21FN2O5S2/c19-13-6-4-12(5-7-13)8-9-21-14-10-28(25,26)11-15(14)27-18(21)20-16(22)2-1-3-17(23)24/h4-7,14-15H,1-3,8-11H2,(H,23,24)/t14-,15-/m0/s1. The number of fused-ring (bicyclic) bond motifs is 1. The molecule has 0 spiro atoms. The van der Waals surface area contributed by atoms with Gasteiger partial charge in [0.1, 0.15) is 5.82 Å². The molecule has 1 aromatic carbocycles. The van der Waals surface area contributed by atoms with Gasteiger partial charge < -0.3 is 10.0 Å². The Morgan fingerprint density at radius 1 is 1.21 bits per heavy atom. The molecule has 2 aliphatic heterocycles. The molecule has 0 unspecified atom stereocenters. The van der Waals surface area contributed by atoms with Crippen LogP contribution in [0.25, 0.3) is 0 Å². The highest BCUT2D eigenvalue weighted by molar-refractivity contribution is 8.15. The van der Waals surface area contributed by atoms with Crippen molar-refractivity contribution in [2.24, 2.45) is 4.99 Å². The van der Waals surface area contributed by atoms with E-state index in [1.165, 1.54) is 23.9 Å². The Hall–Kier alpha value is -1.94. The van der Waals surface area contributed by atoms with Gasteiger partial charge in [-0.25, -0.2) is 12.8 Å². The third-order valence-electron chi connectivity index (χ3n) is 4.73. The van der Waals surface area contributed by atoms with Gasteiger partial charge >= 0.3 is 5.97 Å². The van der Waals surface area contributed by atoms with Gasteiger partial charge in [-0.1, -0.05) is 23.9 Å². The van der Waals surface area contributed by atoms with Gasteiger partial charge in [0, 0.05) is 24.6 Å². The van der Waals surface area contributed by atoms with Gasteiger partial charge in [0.15, 0.2) is 15.0 Å². The van der Waals surface area contributed by atoms with Gasteiger partial charge in [0.25, 0.3) is 0 Å². The highest BCUT2D eigenvalue weighted by atomic mass is 32.2. The highest BCUT2D eigenvalue weighted by Gasteiger charge is 2.48. The second kappa shape index (κ2) is 8.60. The Kier molecular flexibility index (Phi) is 6.39. The van der Waals surface area contributed by atoms with Crippen molar-refractivity contribution in [1.82, 2.24) is 4.90 Å². The van der Waals surface area contributed by atoms with E-state index in [0.717, 1.165) is 5.56 Å². The average molecular weight is 429 g/mol. The number of aliphatic imine (C=N–C) groups is 1. The van der Waals surface area contributed by atoms with Crippen LogP contribution in [0.15, 0.2) is 29.3 Å². The number of amides is 1. The first-order chi connectivity index (χ1) is 13.2. The largest absolute Gasteiger partial charge is 0.481 e. The van der Waals surface area contributed by atoms with E-state index in [0.29, 0.717) is 18.1 Å². The molecule has 2 saturated heterocycles. The van der Waals surface area contributed by atoms with E-state index < -0.39 is 21.7 Å². The van der Waals surface area contributed by atoms with Gasteiger partial charge in [0.05, 0.1) is 17.5 Å². The number of halogens is 1. The van der Waals surface area contributed by atoms with E-state index in [-0.39, 0.29) is 47.9 Å². The van der Waals surface area contributed by atoms with Crippen LogP contribution < -0.4 is 0 Å². The van der Waals surface area contributed by atoms with E-state index in [2.05, 4.69) is 4.99 Å². The maximum atomic E-state index is 13.1. The summed E-state index contributed by atoms with van der Waals surface area (Å²) in [5.41, 5.74) is 0.905. The molecule has 28 heavy (non-hydrogen) atoms. The lowest BCUT2D eigenvalue weighted by atomic mass is 10.1. The zero-order valence-electron chi connectivity index (χ0n) is 15.1. The summed E-state index contributed by atoms with van der Waals surface area (Å²) in [6, 6.07) is 5.86. The van der Waals surface area contributed by atoms with Gasteiger partial charge in [-0.05, 0) is 30.5 Å². The Balaban J connectivity index is 1.70. The minimum atomic E-state index is -3.12. The summed E-state index contributed by atoms with van der Waals surface area (Å²) in [6.45, 7) is 0.469.